The van der Waals surface area contributed by atoms with Gasteiger partial charge in [0.15, 0.2) is 0 Å². The summed E-state index contributed by atoms with van der Waals surface area (Å²) in [6.45, 7) is 3.49. The summed E-state index contributed by atoms with van der Waals surface area (Å²) in [7, 11) is 1.94. The summed E-state index contributed by atoms with van der Waals surface area (Å²) in [6.07, 6.45) is 7.53. The Morgan fingerprint density at radius 2 is 1.76 bits per heavy atom. The van der Waals surface area contributed by atoms with Gasteiger partial charge >= 0.3 is 0 Å². The molecule has 1 aliphatic carbocycles. The molecule has 25 heavy (non-hydrogen) atoms. The molecule has 1 saturated heterocycles. The Balaban J connectivity index is 1.48. The minimum atomic E-state index is 0.0365. The first-order chi connectivity index (χ1) is 12.1. The fourth-order valence-electron chi connectivity index (χ4n) is 3.57. The number of carbonyl (C=O) groups is 2. The highest BCUT2D eigenvalue weighted by molar-refractivity contribution is 5.92. The third-order valence-electron chi connectivity index (χ3n) is 5.64. The first kappa shape index (κ1) is 17.7. The van der Waals surface area contributed by atoms with E-state index in [-0.39, 0.29) is 17.7 Å². The molecule has 0 aromatic heterocycles. The number of carbonyl (C=O) groups excluding carboxylic acids is 2. The van der Waals surface area contributed by atoms with E-state index in [1.54, 1.807) is 6.08 Å². The van der Waals surface area contributed by atoms with E-state index in [1.165, 1.54) is 12.8 Å². The lowest BCUT2D eigenvalue weighted by Gasteiger charge is -2.34. The molecule has 0 N–H and O–H groups in total. The van der Waals surface area contributed by atoms with Gasteiger partial charge in [0.1, 0.15) is 0 Å². The first-order valence-corrected chi connectivity index (χ1v) is 9.35. The number of benzene rings is 1. The molecule has 134 valence electrons. The molecule has 0 bridgehead atoms. The van der Waals surface area contributed by atoms with Crippen molar-refractivity contribution >= 4 is 17.9 Å². The van der Waals surface area contributed by atoms with Crippen LogP contribution >= 0.6 is 0 Å². The second-order valence-electron chi connectivity index (χ2n) is 7.37. The van der Waals surface area contributed by atoms with Crippen molar-refractivity contribution in [3.8, 4) is 0 Å². The van der Waals surface area contributed by atoms with Crippen LogP contribution in [0, 0.1) is 11.8 Å². The lowest BCUT2D eigenvalue weighted by Crippen LogP contribution is -2.45. The number of rotatable bonds is 5. The molecular weight excluding hydrogens is 312 g/mol. The quantitative estimate of drug-likeness (QED) is 0.772. The molecule has 1 unspecified atom stereocenters. The molecule has 1 aromatic rings. The third-order valence-corrected chi connectivity index (χ3v) is 5.64. The van der Waals surface area contributed by atoms with Gasteiger partial charge in [-0.1, -0.05) is 30.3 Å². The molecular formula is C21H28N2O2. The van der Waals surface area contributed by atoms with Gasteiger partial charge in [0, 0.05) is 38.2 Å². The van der Waals surface area contributed by atoms with Crippen molar-refractivity contribution in [3.05, 3.63) is 42.0 Å². The molecule has 1 aromatic carbocycles. The maximum Gasteiger partial charge on any atom is 0.246 e. The summed E-state index contributed by atoms with van der Waals surface area (Å²) in [4.78, 5) is 28.8. The van der Waals surface area contributed by atoms with Gasteiger partial charge < -0.3 is 9.80 Å². The van der Waals surface area contributed by atoms with Gasteiger partial charge in [-0.3, -0.25) is 9.59 Å². The van der Waals surface area contributed by atoms with Crippen molar-refractivity contribution in [1.29, 1.82) is 0 Å². The van der Waals surface area contributed by atoms with E-state index in [4.69, 9.17) is 0 Å². The standard InChI is InChI=1S/C21H28N2O2/c1-16(18-9-10-18)22(2)21(25)19-12-14-23(15-13-19)20(24)11-8-17-6-4-3-5-7-17/h3-8,11,16,18-19H,9-10,12-15H2,1-2H3/b11-8+. The van der Waals surface area contributed by atoms with Crippen LogP contribution < -0.4 is 0 Å². The highest BCUT2D eigenvalue weighted by Crippen LogP contribution is 2.35. The van der Waals surface area contributed by atoms with E-state index < -0.39 is 0 Å². The topological polar surface area (TPSA) is 40.6 Å². The highest BCUT2D eigenvalue weighted by Gasteiger charge is 2.35. The first-order valence-electron chi connectivity index (χ1n) is 9.35. The van der Waals surface area contributed by atoms with Crippen LogP contribution in [0.4, 0.5) is 0 Å². The molecule has 0 radical (unpaired) electrons. The monoisotopic (exact) mass is 340 g/mol. The number of amides is 2. The van der Waals surface area contributed by atoms with Crippen molar-refractivity contribution in [2.24, 2.45) is 11.8 Å². The number of hydrogen-bond acceptors (Lipinski definition) is 2. The summed E-state index contributed by atoms with van der Waals surface area (Å²) in [5, 5.41) is 0. The fraction of sp³-hybridized carbons (Fsp3) is 0.524. The largest absolute Gasteiger partial charge is 0.343 e. The molecule has 1 heterocycles. The van der Waals surface area contributed by atoms with Gasteiger partial charge in [-0.2, -0.15) is 0 Å². The van der Waals surface area contributed by atoms with E-state index in [0.717, 1.165) is 18.4 Å². The Kier molecular flexibility index (Phi) is 5.57. The van der Waals surface area contributed by atoms with Gasteiger partial charge in [-0.05, 0) is 50.2 Å². The maximum atomic E-state index is 12.7. The number of likely N-dealkylation sites (tertiary alicyclic amines) is 1. The van der Waals surface area contributed by atoms with Crippen LogP contribution in [0.2, 0.25) is 0 Å². The van der Waals surface area contributed by atoms with E-state index in [9.17, 15) is 9.59 Å². The summed E-state index contributed by atoms with van der Waals surface area (Å²) in [5.74, 6) is 1.05. The molecule has 0 spiro atoms. The highest BCUT2D eigenvalue weighted by atomic mass is 16.2. The number of piperidine rings is 1. The van der Waals surface area contributed by atoms with Crippen molar-refractivity contribution in [2.45, 2.75) is 38.6 Å². The third kappa shape index (κ3) is 4.50. The summed E-state index contributed by atoms with van der Waals surface area (Å²) in [5.41, 5.74) is 1.02. The van der Waals surface area contributed by atoms with Crippen LogP contribution in [0.1, 0.15) is 38.2 Å². The summed E-state index contributed by atoms with van der Waals surface area (Å²) in [6, 6.07) is 10.2. The second-order valence-corrected chi connectivity index (χ2v) is 7.37. The van der Waals surface area contributed by atoms with Crippen molar-refractivity contribution < 1.29 is 9.59 Å². The molecule has 3 rings (SSSR count). The van der Waals surface area contributed by atoms with E-state index in [1.807, 2.05) is 53.3 Å². The van der Waals surface area contributed by atoms with Crippen molar-refractivity contribution in [1.82, 2.24) is 9.80 Å². The Morgan fingerprint density at radius 1 is 1.12 bits per heavy atom. The molecule has 2 fully saturated rings. The van der Waals surface area contributed by atoms with Crippen LogP contribution in [-0.2, 0) is 9.59 Å². The van der Waals surface area contributed by atoms with Crippen LogP contribution in [-0.4, -0.2) is 47.8 Å². The predicted octanol–water partition coefficient (Wildman–Crippen LogP) is 3.20. The zero-order chi connectivity index (χ0) is 17.8. The molecule has 2 aliphatic rings. The van der Waals surface area contributed by atoms with Crippen LogP contribution in [0.15, 0.2) is 36.4 Å². The van der Waals surface area contributed by atoms with E-state index >= 15 is 0 Å². The molecule has 2 amide bonds. The average molecular weight is 340 g/mol. The number of nitrogens with zero attached hydrogens (tertiary/aromatic N) is 2. The molecule has 1 saturated carbocycles. The minimum absolute atomic E-state index is 0.0365. The normalized spacial score (nSPS) is 19.8. The zero-order valence-electron chi connectivity index (χ0n) is 15.2. The predicted molar refractivity (Wildman–Crippen MR) is 99.7 cm³/mol. The molecule has 1 atom stereocenters. The molecule has 1 aliphatic heterocycles. The summed E-state index contributed by atoms with van der Waals surface area (Å²) >= 11 is 0. The van der Waals surface area contributed by atoms with Crippen molar-refractivity contribution in [2.75, 3.05) is 20.1 Å². The lowest BCUT2D eigenvalue weighted by molar-refractivity contribution is -0.140. The van der Waals surface area contributed by atoms with Gasteiger partial charge in [-0.25, -0.2) is 0 Å². The fourth-order valence-corrected chi connectivity index (χ4v) is 3.57. The van der Waals surface area contributed by atoms with Gasteiger partial charge in [0.25, 0.3) is 0 Å². The average Bonchev–Trinajstić information content (AvgIpc) is 3.50. The van der Waals surface area contributed by atoms with E-state index in [0.29, 0.717) is 25.0 Å². The van der Waals surface area contributed by atoms with E-state index in [2.05, 4.69) is 6.92 Å². The van der Waals surface area contributed by atoms with Gasteiger partial charge in [0.05, 0.1) is 0 Å². The van der Waals surface area contributed by atoms with Crippen LogP contribution in [0.5, 0.6) is 0 Å². The maximum absolute atomic E-state index is 12.7. The zero-order valence-corrected chi connectivity index (χ0v) is 15.2. The Labute approximate surface area is 150 Å². The lowest BCUT2D eigenvalue weighted by atomic mass is 9.94. The minimum Gasteiger partial charge on any atom is -0.343 e. The number of hydrogen-bond donors (Lipinski definition) is 0. The molecule has 4 nitrogen and oxygen atoms in total. The Bertz CT molecular complexity index is 629. The molecule has 4 heteroatoms. The van der Waals surface area contributed by atoms with Gasteiger partial charge in [-0.15, -0.1) is 0 Å². The van der Waals surface area contributed by atoms with Crippen LogP contribution in [0.25, 0.3) is 6.08 Å². The summed E-state index contributed by atoms with van der Waals surface area (Å²) < 4.78 is 0. The van der Waals surface area contributed by atoms with Gasteiger partial charge in [0.2, 0.25) is 11.8 Å². The SMILES string of the molecule is CC(C1CC1)N(C)C(=O)C1CCN(C(=O)/C=C/c2ccccc2)CC1. The Hall–Kier alpha value is -2.10. The Morgan fingerprint density at radius 3 is 2.36 bits per heavy atom. The second kappa shape index (κ2) is 7.85. The van der Waals surface area contributed by atoms with Crippen molar-refractivity contribution in [3.63, 3.8) is 0 Å². The van der Waals surface area contributed by atoms with Crippen LogP contribution in [0.3, 0.4) is 0 Å². The smallest absolute Gasteiger partial charge is 0.246 e.